The zero-order valence-corrected chi connectivity index (χ0v) is 11.1. The summed E-state index contributed by atoms with van der Waals surface area (Å²) in [5.74, 6) is 0.547. The van der Waals surface area contributed by atoms with Crippen LogP contribution >= 0.6 is 45.8 Å². The van der Waals surface area contributed by atoms with Gasteiger partial charge in [-0.25, -0.2) is 9.97 Å². The maximum atomic E-state index is 5.93. The van der Waals surface area contributed by atoms with Gasteiger partial charge in [0.1, 0.15) is 10.3 Å². The Morgan fingerprint density at radius 1 is 0.933 bits per heavy atom. The maximum absolute atomic E-state index is 5.93. The summed E-state index contributed by atoms with van der Waals surface area (Å²) in [6.07, 6.45) is 0. The molecule has 2 rings (SSSR count). The van der Waals surface area contributed by atoms with E-state index in [0.29, 0.717) is 19.7 Å². The molecule has 0 bridgehead atoms. The van der Waals surface area contributed by atoms with Crippen LogP contribution in [0.3, 0.4) is 0 Å². The number of nitrogens with zero attached hydrogens (tertiary/aromatic N) is 2. The Bertz CT molecular complexity index is 465. The van der Waals surface area contributed by atoms with Crippen molar-refractivity contribution < 1.29 is 0 Å². The molecule has 0 amide bonds. The van der Waals surface area contributed by atoms with Gasteiger partial charge in [-0.2, -0.15) is 0 Å². The minimum Gasteiger partial charge on any atom is -0.215 e. The summed E-state index contributed by atoms with van der Waals surface area (Å²) >= 11 is 13.9. The summed E-state index contributed by atoms with van der Waals surface area (Å²) < 4.78 is 0.676. The van der Waals surface area contributed by atoms with E-state index in [9.17, 15) is 0 Å². The van der Waals surface area contributed by atoms with Gasteiger partial charge in [-0.3, -0.25) is 0 Å². The molecule has 5 heteroatoms. The van der Waals surface area contributed by atoms with Crippen LogP contribution in [0, 0.1) is 3.57 Å². The van der Waals surface area contributed by atoms with Gasteiger partial charge in [-0.05, 0) is 22.6 Å². The van der Waals surface area contributed by atoms with Crippen molar-refractivity contribution >= 4 is 45.8 Å². The molecule has 76 valence electrons. The lowest BCUT2D eigenvalue weighted by atomic mass is 10.2. The topological polar surface area (TPSA) is 25.8 Å². The highest BCUT2D eigenvalue weighted by Gasteiger charge is 2.09. The number of benzene rings is 1. The van der Waals surface area contributed by atoms with Crippen LogP contribution in [0.25, 0.3) is 11.4 Å². The van der Waals surface area contributed by atoms with Crippen molar-refractivity contribution in [3.05, 3.63) is 44.2 Å². The average Bonchev–Trinajstić information content (AvgIpc) is 2.26. The molecule has 0 fully saturated rings. The SMILES string of the molecule is Clc1nc(-c2ccccc2)nc(Cl)c1I. The lowest BCUT2D eigenvalue weighted by Crippen LogP contribution is -1.93. The molecule has 0 aliphatic carbocycles. The third-order valence-corrected chi connectivity index (χ3v) is 4.01. The van der Waals surface area contributed by atoms with Crippen LogP contribution in [0.15, 0.2) is 30.3 Å². The molecule has 0 aliphatic heterocycles. The van der Waals surface area contributed by atoms with E-state index in [4.69, 9.17) is 23.2 Å². The molecule has 2 aromatic rings. The zero-order chi connectivity index (χ0) is 10.8. The largest absolute Gasteiger partial charge is 0.215 e. The molecule has 1 aromatic heterocycles. The number of aromatic nitrogens is 2. The van der Waals surface area contributed by atoms with Gasteiger partial charge in [0, 0.05) is 5.56 Å². The first kappa shape index (κ1) is 11.1. The summed E-state index contributed by atoms with van der Waals surface area (Å²) in [7, 11) is 0. The molecule has 1 heterocycles. The predicted molar refractivity (Wildman–Crippen MR) is 70.2 cm³/mol. The minimum absolute atomic E-state index is 0.384. The van der Waals surface area contributed by atoms with Crippen molar-refractivity contribution in [2.45, 2.75) is 0 Å². The molecule has 0 N–H and O–H groups in total. The van der Waals surface area contributed by atoms with E-state index in [2.05, 4.69) is 9.97 Å². The quantitative estimate of drug-likeness (QED) is 0.572. The van der Waals surface area contributed by atoms with E-state index in [1.165, 1.54) is 0 Å². The first-order valence-corrected chi connectivity index (χ1v) is 5.96. The monoisotopic (exact) mass is 350 g/mol. The lowest BCUT2D eigenvalue weighted by molar-refractivity contribution is 1.16. The summed E-state index contributed by atoms with van der Waals surface area (Å²) in [5, 5.41) is 0.768. The lowest BCUT2D eigenvalue weighted by Gasteiger charge is -2.03. The molecular weight excluding hydrogens is 346 g/mol. The van der Waals surface area contributed by atoms with Gasteiger partial charge in [0.05, 0.1) is 3.57 Å². The highest BCUT2D eigenvalue weighted by molar-refractivity contribution is 14.1. The molecule has 1 aromatic carbocycles. The number of halogens is 3. The van der Waals surface area contributed by atoms with E-state index < -0.39 is 0 Å². The molecule has 0 unspecified atom stereocenters. The molecular formula is C10H5Cl2IN2. The molecule has 0 saturated heterocycles. The van der Waals surface area contributed by atoms with Crippen LogP contribution < -0.4 is 0 Å². The van der Waals surface area contributed by atoms with Gasteiger partial charge in [0.15, 0.2) is 5.82 Å². The molecule has 15 heavy (non-hydrogen) atoms. The first-order valence-electron chi connectivity index (χ1n) is 4.12. The van der Waals surface area contributed by atoms with Crippen molar-refractivity contribution in [3.8, 4) is 11.4 Å². The van der Waals surface area contributed by atoms with E-state index >= 15 is 0 Å². The van der Waals surface area contributed by atoms with Gasteiger partial charge in [-0.15, -0.1) is 0 Å². The standard InChI is InChI=1S/C10H5Cl2IN2/c11-8-7(13)9(12)15-10(14-8)6-4-2-1-3-5-6/h1-5H. The van der Waals surface area contributed by atoms with Gasteiger partial charge >= 0.3 is 0 Å². The average molecular weight is 351 g/mol. The van der Waals surface area contributed by atoms with Gasteiger partial charge in [-0.1, -0.05) is 53.5 Å². The molecule has 2 nitrogen and oxygen atoms in total. The Kier molecular flexibility index (Phi) is 3.43. The van der Waals surface area contributed by atoms with Crippen LogP contribution in [0.2, 0.25) is 10.3 Å². The van der Waals surface area contributed by atoms with Crippen molar-refractivity contribution in [2.75, 3.05) is 0 Å². The predicted octanol–water partition coefficient (Wildman–Crippen LogP) is 4.06. The number of hydrogen-bond donors (Lipinski definition) is 0. The third kappa shape index (κ3) is 2.41. The molecule has 0 radical (unpaired) electrons. The smallest absolute Gasteiger partial charge is 0.162 e. The van der Waals surface area contributed by atoms with Crippen LogP contribution in [-0.4, -0.2) is 9.97 Å². The summed E-state index contributed by atoms with van der Waals surface area (Å²) in [5.41, 5.74) is 0.901. The Balaban J connectivity index is 2.56. The zero-order valence-electron chi connectivity index (χ0n) is 7.42. The Labute approximate surface area is 111 Å². The number of hydrogen-bond acceptors (Lipinski definition) is 2. The molecule has 0 aliphatic rings. The Hall–Kier alpha value is -0.390. The molecule has 0 spiro atoms. The van der Waals surface area contributed by atoms with Crippen molar-refractivity contribution in [1.29, 1.82) is 0 Å². The first-order chi connectivity index (χ1) is 7.18. The van der Waals surface area contributed by atoms with Crippen molar-refractivity contribution in [1.82, 2.24) is 9.97 Å². The van der Waals surface area contributed by atoms with Crippen LogP contribution in [0.1, 0.15) is 0 Å². The number of rotatable bonds is 1. The fourth-order valence-electron chi connectivity index (χ4n) is 1.11. The van der Waals surface area contributed by atoms with E-state index in [1.54, 1.807) is 0 Å². The van der Waals surface area contributed by atoms with Gasteiger partial charge in [0.25, 0.3) is 0 Å². The second-order valence-corrected chi connectivity index (χ2v) is 4.60. The van der Waals surface area contributed by atoms with E-state index in [-0.39, 0.29) is 0 Å². The Morgan fingerprint density at radius 2 is 1.47 bits per heavy atom. The van der Waals surface area contributed by atoms with E-state index in [1.807, 2.05) is 52.9 Å². The van der Waals surface area contributed by atoms with Crippen molar-refractivity contribution in [3.63, 3.8) is 0 Å². The normalized spacial score (nSPS) is 10.3. The fourth-order valence-corrected chi connectivity index (χ4v) is 1.74. The summed E-state index contributed by atoms with van der Waals surface area (Å²) in [6.45, 7) is 0. The maximum Gasteiger partial charge on any atom is 0.162 e. The Morgan fingerprint density at radius 3 is 2.00 bits per heavy atom. The van der Waals surface area contributed by atoms with Gasteiger partial charge in [0.2, 0.25) is 0 Å². The second kappa shape index (κ2) is 4.63. The summed E-state index contributed by atoms with van der Waals surface area (Å²) in [6, 6.07) is 9.58. The highest BCUT2D eigenvalue weighted by Crippen LogP contribution is 2.26. The molecule has 0 atom stereocenters. The van der Waals surface area contributed by atoms with Crippen LogP contribution in [0.4, 0.5) is 0 Å². The van der Waals surface area contributed by atoms with Crippen LogP contribution in [-0.2, 0) is 0 Å². The van der Waals surface area contributed by atoms with Gasteiger partial charge < -0.3 is 0 Å². The molecule has 0 saturated carbocycles. The third-order valence-electron chi connectivity index (χ3n) is 1.80. The minimum atomic E-state index is 0.384. The second-order valence-electron chi connectivity index (χ2n) is 2.81. The summed E-state index contributed by atoms with van der Waals surface area (Å²) in [4.78, 5) is 8.33. The van der Waals surface area contributed by atoms with Crippen molar-refractivity contribution in [2.24, 2.45) is 0 Å². The fraction of sp³-hybridized carbons (Fsp3) is 0. The highest BCUT2D eigenvalue weighted by atomic mass is 127. The van der Waals surface area contributed by atoms with Crippen LogP contribution in [0.5, 0.6) is 0 Å². The van der Waals surface area contributed by atoms with E-state index in [0.717, 1.165) is 5.56 Å².